The standard InChI is InChI=1S/C17H24N4O2/c1-14(2)21-10-9-20(8-6-18)17(16(21)22)5-7-19(13-17)12-15-4-3-11-23-15/h3-4,11,14H,5,7-10,12-13H2,1-2H3. The van der Waals surface area contributed by atoms with Crippen LogP contribution in [-0.2, 0) is 11.3 Å². The number of hydrogen-bond donors (Lipinski definition) is 0. The van der Waals surface area contributed by atoms with E-state index in [-0.39, 0.29) is 11.9 Å². The van der Waals surface area contributed by atoms with Crippen molar-refractivity contribution in [3.8, 4) is 6.07 Å². The number of nitrogens with zero attached hydrogens (tertiary/aromatic N) is 4. The van der Waals surface area contributed by atoms with Gasteiger partial charge in [-0.2, -0.15) is 5.26 Å². The van der Waals surface area contributed by atoms with E-state index in [1.54, 1.807) is 6.26 Å². The summed E-state index contributed by atoms with van der Waals surface area (Å²) in [7, 11) is 0. The molecule has 3 heterocycles. The Morgan fingerprint density at radius 1 is 1.39 bits per heavy atom. The molecule has 6 nitrogen and oxygen atoms in total. The molecule has 2 fully saturated rings. The minimum Gasteiger partial charge on any atom is -0.468 e. The number of likely N-dealkylation sites (tertiary alicyclic amines) is 1. The summed E-state index contributed by atoms with van der Waals surface area (Å²) in [6.45, 7) is 8.13. The van der Waals surface area contributed by atoms with Gasteiger partial charge in [-0.15, -0.1) is 0 Å². The molecule has 2 aliphatic heterocycles. The quantitative estimate of drug-likeness (QED) is 0.784. The molecule has 0 saturated carbocycles. The predicted molar refractivity (Wildman–Crippen MR) is 85.4 cm³/mol. The monoisotopic (exact) mass is 316 g/mol. The van der Waals surface area contributed by atoms with Crippen molar-refractivity contribution in [2.75, 3.05) is 32.7 Å². The maximum atomic E-state index is 13.1. The van der Waals surface area contributed by atoms with E-state index in [0.717, 1.165) is 25.3 Å². The molecule has 23 heavy (non-hydrogen) atoms. The fraction of sp³-hybridized carbons (Fsp3) is 0.647. The van der Waals surface area contributed by atoms with Gasteiger partial charge in [0.15, 0.2) is 0 Å². The Bertz CT molecular complexity index is 592. The van der Waals surface area contributed by atoms with E-state index in [1.165, 1.54) is 0 Å². The first kappa shape index (κ1) is 16.0. The molecule has 2 saturated heterocycles. The van der Waals surface area contributed by atoms with E-state index in [1.807, 2.05) is 17.0 Å². The molecule has 3 rings (SSSR count). The van der Waals surface area contributed by atoms with Gasteiger partial charge in [0.2, 0.25) is 5.91 Å². The second kappa shape index (κ2) is 6.34. The third kappa shape index (κ3) is 2.87. The van der Waals surface area contributed by atoms with Crippen LogP contribution in [0.5, 0.6) is 0 Å². The third-order valence-corrected chi connectivity index (χ3v) is 5.05. The second-order valence-electron chi connectivity index (χ2n) is 6.74. The van der Waals surface area contributed by atoms with Gasteiger partial charge in [-0.25, -0.2) is 0 Å². The maximum absolute atomic E-state index is 13.1. The number of piperazine rings is 1. The van der Waals surface area contributed by atoms with Crippen LogP contribution in [0, 0.1) is 11.3 Å². The van der Waals surface area contributed by atoms with E-state index in [0.29, 0.717) is 26.2 Å². The molecule has 1 amide bonds. The number of rotatable bonds is 4. The van der Waals surface area contributed by atoms with Crippen molar-refractivity contribution in [3.63, 3.8) is 0 Å². The summed E-state index contributed by atoms with van der Waals surface area (Å²) < 4.78 is 5.43. The highest BCUT2D eigenvalue weighted by Crippen LogP contribution is 2.34. The Morgan fingerprint density at radius 3 is 2.87 bits per heavy atom. The van der Waals surface area contributed by atoms with Crippen LogP contribution in [0.2, 0.25) is 0 Å². The topological polar surface area (TPSA) is 63.7 Å². The number of amides is 1. The van der Waals surface area contributed by atoms with Crippen LogP contribution in [0.4, 0.5) is 0 Å². The Kier molecular flexibility index (Phi) is 4.42. The lowest BCUT2D eigenvalue weighted by atomic mass is 9.90. The Hall–Kier alpha value is -1.84. The molecule has 1 unspecified atom stereocenters. The lowest BCUT2D eigenvalue weighted by Crippen LogP contribution is -2.68. The van der Waals surface area contributed by atoms with Gasteiger partial charge in [0.25, 0.3) is 0 Å². The predicted octanol–water partition coefficient (Wildman–Crippen LogP) is 1.30. The van der Waals surface area contributed by atoms with Gasteiger partial charge >= 0.3 is 0 Å². The maximum Gasteiger partial charge on any atom is 0.244 e. The molecule has 0 aromatic carbocycles. The normalized spacial score (nSPS) is 26.3. The highest BCUT2D eigenvalue weighted by atomic mass is 16.3. The van der Waals surface area contributed by atoms with Gasteiger partial charge in [0.05, 0.1) is 25.4 Å². The lowest BCUT2D eigenvalue weighted by molar-refractivity contribution is -0.152. The van der Waals surface area contributed by atoms with E-state index in [2.05, 4.69) is 29.7 Å². The molecule has 0 radical (unpaired) electrons. The molecule has 2 aliphatic rings. The molecular formula is C17H24N4O2. The first-order valence-corrected chi connectivity index (χ1v) is 8.24. The highest BCUT2D eigenvalue weighted by molar-refractivity contribution is 5.88. The SMILES string of the molecule is CC(C)N1CCN(CC#N)C2(CCN(Cc3ccco3)C2)C1=O. The molecule has 0 aliphatic carbocycles. The number of carbonyl (C=O) groups excluding carboxylic acids is 1. The van der Waals surface area contributed by atoms with Crippen LogP contribution in [-0.4, -0.2) is 64.9 Å². The van der Waals surface area contributed by atoms with Crippen molar-refractivity contribution < 1.29 is 9.21 Å². The average molecular weight is 316 g/mol. The van der Waals surface area contributed by atoms with Crippen molar-refractivity contribution in [2.24, 2.45) is 0 Å². The number of furan rings is 1. The first-order chi connectivity index (χ1) is 11.1. The highest BCUT2D eigenvalue weighted by Gasteiger charge is 2.53. The van der Waals surface area contributed by atoms with Crippen LogP contribution in [0.25, 0.3) is 0 Å². The summed E-state index contributed by atoms with van der Waals surface area (Å²) in [4.78, 5) is 19.4. The Balaban J connectivity index is 1.80. The summed E-state index contributed by atoms with van der Waals surface area (Å²) in [5.41, 5.74) is -0.551. The molecule has 0 N–H and O–H groups in total. The lowest BCUT2D eigenvalue weighted by Gasteiger charge is -2.48. The summed E-state index contributed by atoms with van der Waals surface area (Å²) in [6.07, 6.45) is 2.45. The molecular weight excluding hydrogens is 292 g/mol. The Morgan fingerprint density at radius 2 is 2.22 bits per heavy atom. The van der Waals surface area contributed by atoms with Crippen molar-refractivity contribution in [1.82, 2.24) is 14.7 Å². The minimum absolute atomic E-state index is 0.177. The van der Waals surface area contributed by atoms with Gasteiger partial charge in [0, 0.05) is 32.2 Å². The minimum atomic E-state index is -0.551. The van der Waals surface area contributed by atoms with Gasteiger partial charge in [0.1, 0.15) is 11.3 Å². The molecule has 0 bridgehead atoms. The number of carbonyl (C=O) groups is 1. The molecule has 6 heteroatoms. The summed E-state index contributed by atoms with van der Waals surface area (Å²) in [5, 5.41) is 9.15. The summed E-state index contributed by atoms with van der Waals surface area (Å²) >= 11 is 0. The van der Waals surface area contributed by atoms with Crippen LogP contribution in [0.1, 0.15) is 26.0 Å². The van der Waals surface area contributed by atoms with Crippen molar-refractivity contribution >= 4 is 5.91 Å². The van der Waals surface area contributed by atoms with Crippen molar-refractivity contribution in [3.05, 3.63) is 24.2 Å². The second-order valence-corrected chi connectivity index (χ2v) is 6.74. The average Bonchev–Trinajstić information content (AvgIpc) is 3.16. The summed E-state index contributed by atoms with van der Waals surface area (Å²) in [6, 6.07) is 6.27. The zero-order chi connectivity index (χ0) is 16.4. The van der Waals surface area contributed by atoms with Gasteiger partial charge in [-0.05, 0) is 32.4 Å². The van der Waals surface area contributed by atoms with Crippen molar-refractivity contribution in [1.29, 1.82) is 5.26 Å². The largest absolute Gasteiger partial charge is 0.468 e. The molecule has 1 aromatic heterocycles. The van der Waals surface area contributed by atoms with Crippen LogP contribution in [0.3, 0.4) is 0 Å². The molecule has 1 aromatic rings. The first-order valence-electron chi connectivity index (χ1n) is 8.24. The van der Waals surface area contributed by atoms with E-state index in [4.69, 9.17) is 9.68 Å². The van der Waals surface area contributed by atoms with Gasteiger partial charge < -0.3 is 9.32 Å². The Labute approximate surface area is 137 Å². The van der Waals surface area contributed by atoms with E-state index >= 15 is 0 Å². The van der Waals surface area contributed by atoms with Gasteiger partial charge in [-0.3, -0.25) is 14.6 Å². The van der Waals surface area contributed by atoms with E-state index < -0.39 is 5.54 Å². The third-order valence-electron chi connectivity index (χ3n) is 5.05. The van der Waals surface area contributed by atoms with Gasteiger partial charge in [-0.1, -0.05) is 0 Å². The van der Waals surface area contributed by atoms with Crippen LogP contribution < -0.4 is 0 Å². The number of nitriles is 1. The fourth-order valence-corrected chi connectivity index (χ4v) is 3.82. The zero-order valence-corrected chi connectivity index (χ0v) is 13.9. The fourth-order valence-electron chi connectivity index (χ4n) is 3.82. The van der Waals surface area contributed by atoms with E-state index in [9.17, 15) is 4.79 Å². The molecule has 1 spiro atoms. The smallest absolute Gasteiger partial charge is 0.244 e. The summed E-state index contributed by atoms with van der Waals surface area (Å²) in [5.74, 6) is 1.09. The number of hydrogen-bond acceptors (Lipinski definition) is 5. The van der Waals surface area contributed by atoms with Crippen molar-refractivity contribution in [2.45, 2.75) is 38.4 Å². The molecule has 124 valence electrons. The zero-order valence-electron chi connectivity index (χ0n) is 13.9. The molecule has 1 atom stereocenters. The van der Waals surface area contributed by atoms with Crippen LogP contribution in [0.15, 0.2) is 22.8 Å². The van der Waals surface area contributed by atoms with Crippen LogP contribution >= 0.6 is 0 Å².